The standard InChI is InChI=1S/C10H7Cl2NO2/c1-15-8-3-5(11)2-6-9(8)13-4-7(12)10(6)14/h2-4H,1H3,(H,13,14). The number of nitrogens with one attached hydrogen (secondary N) is 1. The number of H-pyrrole nitrogens is 1. The van der Waals surface area contributed by atoms with Crippen LogP contribution in [0.1, 0.15) is 0 Å². The number of aromatic amines is 1. The van der Waals surface area contributed by atoms with E-state index in [1.54, 1.807) is 12.1 Å². The molecule has 0 unspecified atom stereocenters. The quantitative estimate of drug-likeness (QED) is 0.837. The Morgan fingerprint density at radius 2 is 2.07 bits per heavy atom. The second-order valence-electron chi connectivity index (χ2n) is 3.00. The lowest BCUT2D eigenvalue weighted by atomic mass is 10.2. The smallest absolute Gasteiger partial charge is 0.208 e. The summed E-state index contributed by atoms with van der Waals surface area (Å²) in [5, 5.41) is 0.991. The van der Waals surface area contributed by atoms with Gasteiger partial charge in [-0.3, -0.25) is 4.79 Å². The van der Waals surface area contributed by atoms with E-state index < -0.39 is 0 Å². The number of benzene rings is 1. The fourth-order valence-electron chi connectivity index (χ4n) is 1.40. The second kappa shape index (κ2) is 3.76. The van der Waals surface area contributed by atoms with Gasteiger partial charge in [-0.25, -0.2) is 0 Å². The molecule has 78 valence electrons. The summed E-state index contributed by atoms with van der Waals surface area (Å²) in [6.07, 6.45) is 1.43. The van der Waals surface area contributed by atoms with Crippen molar-refractivity contribution in [3.05, 3.63) is 38.6 Å². The van der Waals surface area contributed by atoms with Crippen LogP contribution in [-0.2, 0) is 0 Å². The highest BCUT2D eigenvalue weighted by molar-refractivity contribution is 6.32. The van der Waals surface area contributed by atoms with E-state index in [9.17, 15) is 4.79 Å². The average Bonchev–Trinajstić information content (AvgIpc) is 2.23. The summed E-state index contributed by atoms with van der Waals surface area (Å²) < 4.78 is 5.11. The lowest BCUT2D eigenvalue weighted by Crippen LogP contribution is -2.04. The molecule has 0 saturated heterocycles. The molecule has 1 heterocycles. The first-order valence-electron chi connectivity index (χ1n) is 4.18. The van der Waals surface area contributed by atoms with Gasteiger partial charge < -0.3 is 9.72 Å². The van der Waals surface area contributed by atoms with Gasteiger partial charge >= 0.3 is 0 Å². The minimum absolute atomic E-state index is 0.131. The molecule has 15 heavy (non-hydrogen) atoms. The SMILES string of the molecule is COc1cc(Cl)cc2c(=O)c(Cl)c[nH]c12. The number of hydrogen-bond donors (Lipinski definition) is 1. The van der Waals surface area contributed by atoms with Crippen molar-refractivity contribution in [2.24, 2.45) is 0 Å². The number of aromatic nitrogens is 1. The summed E-state index contributed by atoms with van der Waals surface area (Å²) in [5.41, 5.74) is 0.336. The minimum atomic E-state index is -0.258. The van der Waals surface area contributed by atoms with Gasteiger partial charge in [0, 0.05) is 17.3 Å². The minimum Gasteiger partial charge on any atom is -0.494 e. The van der Waals surface area contributed by atoms with Gasteiger partial charge in [0.25, 0.3) is 0 Å². The molecule has 1 N–H and O–H groups in total. The van der Waals surface area contributed by atoms with Crippen LogP contribution in [0.3, 0.4) is 0 Å². The van der Waals surface area contributed by atoms with Crippen molar-refractivity contribution in [3.63, 3.8) is 0 Å². The molecule has 5 heteroatoms. The number of halogens is 2. The van der Waals surface area contributed by atoms with Crippen LogP contribution in [0.4, 0.5) is 0 Å². The van der Waals surface area contributed by atoms with Crippen LogP contribution in [0.15, 0.2) is 23.1 Å². The predicted octanol–water partition coefficient (Wildman–Crippen LogP) is 2.84. The summed E-state index contributed by atoms with van der Waals surface area (Å²) in [6, 6.07) is 3.19. The highest BCUT2D eigenvalue weighted by Crippen LogP contribution is 2.26. The Hall–Kier alpha value is -1.19. The molecule has 0 aliphatic rings. The van der Waals surface area contributed by atoms with Crippen LogP contribution in [0.25, 0.3) is 10.9 Å². The number of methoxy groups -OCH3 is 1. The van der Waals surface area contributed by atoms with Crippen molar-refractivity contribution in [3.8, 4) is 5.75 Å². The molecule has 0 bridgehead atoms. The van der Waals surface area contributed by atoms with E-state index in [-0.39, 0.29) is 10.5 Å². The van der Waals surface area contributed by atoms with Gasteiger partial charge in [-0.1, -0.05) is 23.2 Å². The summed E-state index contributed by atoms with van der Waals surface area (Å²) in [7, 11) is 1.51. The Balaban J connectivity index is 2.96. The van der Waals surface area contributed by atoms with Gasteiger partial charge in [-0.15, -0.1) is 0 Å². The van der Waals surface area contributed by atoms with E-state index in [2.05, 4.69) is 4.98 Å². The maximum Gasteiger partial charge on any atom is 0.208 e. The van der Waals surface area contributed by atoms with Crippen molar-refractivity contribution in [2.75, 3.05) is 7.11 Å². The van der Waals surface area contributed by atoms with Gasteiger partial charge in [0.2, 0.25) is 5.43 Å². The molecule has 1 aromatic heterocycles. The summed E-state index contributed by atoms with van der Waals surface area (Å²) in [5.74, 6) is 0.520. The maximum absolute atomic E-state index is 11.7. The third kappa shape index (κ3) is 1.68. The largest absolute Gasteiger partial charge is 0.494 e. The van der Waals surface area contributed by atoms with Crippen LogP contribution in [0.2, 0.25) is 10.0 Å². The fraction of sp³-hybridized carbons (Fsp3) is 0.100. The number of rotatable bonds is 1. The zero-order chi connectivity index (χ0) is 11.0. The second-order valence-corrected chi connectivity index (χ2v) is 3.84. The van der Waals surface area contributed by atoms with Crippen molar-refractivity contribution in [1.82, 2.24) is 4.98 Å². The number of hydrogen-bond acceptors (Lipinski definition) is 2. The molecule has 0 saturated carbocycles. The Morgan fingerprint density at radius 3 is 2.73 bits per heavy atom. The zero-order valence-corrected chi connectivity index (χ0v) is 9.32. The highest BCUT2D eigenvalue weighted by atomic mass is 35.5. The van der Waals surface area contributed by atoms with Crippen molar-refractivity contribution in [1.29, 1.82) is 0 Å². The molecule has 0 aliphatic carbocycles. The van der Waals surface area contributed by atoms with E-state index in [0.29, 0.717) is 21.7 Å². The number of ether oxygens (including phenoxy) is 1. The van der Waals surface area contributed by atoms with Crippen LogP contribution >= 0.6 is 23.2 Å². The molecule has 0 spiro atoms. The predicted molar refractivity (Wildman–Crippen MR) is 61.1 cm³/mol. The van der Waals surface area contributed by atoms with Crippen LogP contribution < -0.4 is 10.2 Å². The Morgan fingerprint density at radius 1 is 1.33 bits per heavy atom. The molecule has 0 radical (unpaired) electrons. The normalized spacial score (nSPS) is 10.6. The van der Waals surface area contributed by atoms with Gasteiger partial charge in [-0.05, 0) is 6.07 Å². The van der Waals surface area contributed by atoms with Gasteiger partial charge in [0.05, 0.1) is 18.0 Å². The van der Waals surface area contributed by atoms with E-state index in [1.807, 2.05) is 0 Å². The Kier molecular flexibility index (Phi) is 2.59. The molecule has 1 aromatic carbocycles. The van der Waals surface area contributed by atoms with E-state index in [1.165, 1.54) is 13.3 Å². The summed E-state index contributed by atoms with van der Waals surface area (Å²) in [6.45, 7) is 0. The van der Waals surface area contributed by atoms with E-state index in [4.69, 9.17) is 27.9 Å². The van der Waals surface area contributed by atoms with Crippen LogP contribution in [-0.4, -0.2) is 12.1 Å². The number of fused-ring (bicyclic) bond motifs is 1. The number of pyridine rings is 1. The van der Waals surface area contributed by atoms with Crippen LogP contribution in [0, 0.1) is 0 Å². The Labute approximate surface area is 95.6 Å². The Bertz CT molecular complexity index is 577. The third-order valence-electron chi connectivity index (χ3n) is 2.09. The topological polar surface area (TPSA) is 42.1 Å². The lowest BCUT2D eigenvalue weighted by Gasteiger charge is -2.05. The molecule has 0 atom stereocenters. The van der Waals surface area contributed by atoms with Crippen molar-refractivity contribution < 1.29 is 4.74 Å². The molecule has 2 aromatic rings. The van der Waals surface area contributed by atoms with Gasteiger partial charge in [-0.2, -0.15) is 0 Å². The molecule has 3 nitrogen and oxygen atoms in total. The molecular weight excluding hydrogens is 237 g/mol. The third-order valence-corrected chi connectivity index (χ3v) is 2.59. The van der Waals surface area contributed by atoms with Crippen molar-refractivity contribution >= 4 is 34.1 Å². The molecule has 0 amide bonds. The highest BCUT2D eigenvalue weighted by Gasteiger charge is 2.08. The monoisotopic (exact) mass is 243 g/mol. The van der Waals surface area contributed by atoms with Crippen molar-refractivity contribution in [2.45, 2.75) is 0 Å². The molecule has 0 fully saturated rings. The molecular formula is C10H7Cl2NO2. The first-order valence-corrected chi connectivity index (χ1v) is 4.93. The average molecular weight is 244 g/mol. The maximum atomic E-state index is 11.7. The molecule has 0 aliphatic heterocycles. The van der Waals surface area contributed by atoms with E-state index >= 15 is 0 Å². The molecule has 2 rings (SSSR count). The summed E-state index contributed by atoms with van der Waals surface area (Å²) in [4.78, 5) is 14.6. The first-order chi connectivity index (χ1) is 7.13. The van der Waals surface area contributed by atoms with Crippen LogP contribution in [0.5, 0.6) is 5.75 Å². The first kappa shape index (κ1) is 10.3. The zero-order valence-electron chi connectivity index (χ0n) is 7.80. The fourth-order valence-corrected chi connectivity index (χ4v) is 1.77. The summed E-state index contributed by atoms with van der Waals surface area (Å²) >= 11 is 11.6. The lowest BCUT2D eigenvalue weighted by molar-refractivity contribution is 0.419. The van der Waals surface area contributed by atoms with E-state index in [0.717, 1.165) is 0 Å². The van der Waals surface area contributed by atoms with Gasteiger partial charge in [0.1, 0.15) is 10.8 Å². The van der Waals surface area contributed by atoms with Gasteiger partial charge in [0.15, 0.2) is 0 Å².